The monoisotopic (exact) mass is 383 g/mol. The van der Waals surface area contributed by atoms with Gasteiger partial charge in [-0.05, 0) is 36.2 Å². The largest absolute Gasteiger partial charge is 0.376 e. The fourth-order valence-electron chi connectivity index (χ4n) is 2.81. The van der Waals surface area contributed by atoms with E-state index in [1.807, 2.05) is 30.3 Å². The number of rotatable bonds is 7. The van der Waals surface area contributed by atoms with E-state index in [1.165, 1.54) is 5.56 Å². The SMILES string of the molecule is O=C(NCC1COCCO1)Nc1ccc(C(=O)NCCc2ccccc2)cc1. The van der Waals surface area contributed by atoms with Crippen LogP contribution in [-0.2, 0) is 15.9 Å². The highest BCUT2D eigenvalue weighted by atomic mass is 16.6. The van der Waals surface area contributed by atoms with Crippen LogP contribution in [0.2, 0.25) is 0 Å². The number of carbonyl (C=O) groups is 2. The molecule has 1 heterocycles. The van der Waals surface area contributed by atoms with Crippen molar-refractivity contribution >= 4 is 17.6 Å². The topological polar surface area (TPSA) is 88.7 Å². The highest BCUT2D eigenvalue weighted by molar-refractivity contribution is 5.95. The Balaban J connectivity index is 1.39. The van der Waals surface area contributed by atoms with Crippen LogP contribution in [0.1, 0.15) is 15.9 Å². The van der Waals surface area contributed by atoms with Crippen molar-refractivity contribution < 1.29 is 19.1 Å². The van der Waals surface area contributed by atoms with Gasteiger partial charge in [0.15, 0.2) is 0 Å². The average molecular weight is 383 g/mol. The summed E-state index contributed by atoms with van der Waals surface area (Å²) < 4.78 is 10.8. The minimum absolute atomic E-state index is 0.124. The molecule has 2 aromatic carbocycles. The normalized spacial score (nSPS) is 16.2. The zero-order chi connectivity index (χ0) is 19.6. The number of benzene rings is 2. The molecule has 1 atom stereocenters. The molecule has 0 spiro atoms. The quantitative estimate of drug-likeness (QED) is 0.684. The second-order valence-corrected chi connectivity index (χ2v) is 6.47. The van der Waals surface area contributed by atoms with Gasteiger partial charge in [-0.15, -0.1) is 0 Å². The summed E-state index contributed by atoms with van der Waals surface area (Å²) in [6, 6.07) is 16.4. The van der Waals surface area contributed by atoms with Crippen LogP contribution in [0.15, 0.2) is 54.6 Å². The van der Waals surface area contributed by atoms with Crippen LogP contribution in [-0.4, -0.2) is 51.0 Å². The summed E-state index contributed by atoms with van der Waals surface area (Å²) in [4.78, 5) is 24.2. The van der Waals surface area contributed by atoms with Crippen molar-refractivity contribution in [3.05, 3.63) is 65.7 Å². The summed E-state index contributed by atoms with van der Waals surface area (Å²) in [7, 11) is 0. The highest BCUT2D eigenvalue weighted by Gasteiger charge is 2.15. The van der Waals surface area contributed by atoms with Crippen LogP contribution in [0.5, 0.6) is 0 Å². The van der Waals surface area contributed by atoms with Crippen molar-refractivity contribution in [2.24, 2.45) is 0 Å². The maximum absolute atomic E-state index is 12.2. The Morgan fingerprint density at radius 1 is 0.964 bits per heavy atom. The molecule has 3 amide bonds. The van der Waals surface area contributed by atoms with Gasteiger partial charge in [0.2, 0.25) is 0 Å². The van der Waals surface area contributed by atoms with Gasteiger partial charge in [-0.2, -0.15) is 0 Å². The van der Waals surface area contributed by atoms with Crippen molar-refractivity contribution in [3.8, 4) is 0 Å². The Hall–Kier alpha value is -2.90. The van der Waals surface area contributed by atoms with Crippen molar-refractivity contribution in [2.45, 2.75) is 12.5 Å². The number of hydrogen-bond donors (Lipinski definition) is 3. The molecule has 1 fully saturated rings. The first-order valence-electron chi connectivity index (χ1n) is 9.37. The Morgan fingerprint density at radius 3 is 2.46 bits per heavy atom. The molecule has 1 aliphatic rings. The molecule has 0 aromatic heterocycles. The summed E-state index contributed by atoms with van der Waals surface area (Å²) in [6.45, 7) is 2.57. The Bertz CT molecular complexity index is 759. The molecule has 0 bridgehead atoms. The second kappa shape index (κ2) is 10.4. The molecule has 0 radical (unpaired) electrons. The van der Waals surface area contributed by atoms with Crippen LogP contribution in [0, 0.1) is 0 Å². The minimum atomic E-state index is -0.325. The van der Waals surface area contributed by atoms with Crippen LogP contribution in [0.3, 0.4) is 0 Å². The summed E-state index contributed by atoms with van der Waals surface area (Å²) in [6.07, 6.45) is 0.656. The minimum Gasteiger partial charge on any atom is -0.376 e. The van der Waals surface area contributed by atoms with E-state index < -0.39 is 0 Å². The number of anilines is 1. The van der Waals surface area contributed by atoms with Crippen LogP contribution < -0.4 is 16.0 Å². The predicted molar refractivity (Wildman–Crippen MR) is 107 cm³/mol. The van der Waals surface area contributed by atoms with Gasteiger partial charge in [0.05, 0.1) is 25.9 Å². The van der Waals surface area contributed by atoms with Crippen LogP contribution in [0.25, 0.3) is 0 Å². The van der Waals surface area contributed by atoms with Gasteiger partial charge < -0.3 is 25.4 Å². The lowest BCUT2D eigenvalue weighted by molar-refractivity contribution is -0.0852. The van der Waals surface area contributed by atoms with Crippen molar-refractivity contribution in [1.82, 2.24) is 10.6 Å². The van der Waals surface area contributed by atoms with Gasteiger partial charge in [-0.3, -0.25) is 4.79 Å². The van der Waals surface area contributed by atoms with E-state index in [4.69, 9.17) is 9.47 Å². The predicted octanol–water partition coefficient (Wildman–Crippen LogP) is 2.20. The summed E-state index contributed by atoms with van der Waals surface area (Å²) >= 11 is 0. The molecule has 3 rings (SSSR count). The van der Waals surface area contributed by atoms with Gasteiger partial charge in [-0.1, -0.05) is 30.3 Å². The molecular formula is C21H25N3O4. The number of nitrogens with one attached hydrogen (secondary N) is 3. The summed E-state index contributed by atoms with van der Waals surface area (Å²) in [5, 5.41) is 8.38. The lowest BCUT2D eigenvalue weighted by Gasteiger charge is -2.23. The third-order valence-corrected chi connectivity index (χ3v) is 4.32. The van der Waals surface area contributed by atoms with Crippen LogP contribution >= 0.6 is 0 Å². The van der Waals surface area contributed by atoms with Gasteiger partial charge in [-0.25, -0.2) is 4.79 Å². The summed E-state index contributed by atoms with van der Waals surface area (Å²) in [5.41, 5.74) is 2.34. The fourth-order valence-corrected chi connectivity index (χ4v) is 2.81. The maximum atomic E-state index is 12.2. The molecule has 7 nitrogen and oxygen atoms in total. The average Bonchev–Trinajstić information content (AvgIpc) is 2.74. The van der Waals surface area contributed by atoms with E-state index in [1.54, 1.807) is 24.3 Å². The summed E-state index contributed by atoms with van der Waals surface area (Å²) in [5.74, 6) is -0.138. The van der Waals surface area contributed by atoms with Gasteiger partial charge >= 0.3 is 6.03 Å². The zero-order valence-corrected chi connectivity index (χ0v) is 15.6. The zero-order valence-electron chi connectivity index (χ0n) is 15.6. The molecule has 0 saturated carbocycles. The molecule has 28 heavy (non-hydrogen) atoms. The van der Waals surface area contributed by atoms with E-state index in [0.717, 1.165) is 6.42 Å². The molecule has 1 aliphatic heterocycles. The van der Waals surface area contributed by atoms with E-state index in [2.05, 4.69) is 16.0 Å². The number of hydrogen-bond acceptors (Lipinski definition) is 4. The molecule has 3 N–H and O–H groups in total. The number of urea groups is 1. The molecule has 0 aliphatic carbocycles. The standard InChI is InChI=1S/C21H25N3O4/c25-20(22-11-10-16-4-2-1-3-5-16)17-6-8-18(9-7-17)24-21(26)23-14-19-15-27-12-13-28-19/h1-9,19H,10-15H2,(H,22,25)(H2,23,24,26). The lowest BCUT2D eigenvalue weighted by atomic mass is 10.1. The van der Waals surface area contributed by atoms with E-state index in [0.29, 0.717) is 44.2 Å². The van der Waals surface area contributed by atoms with Gasteiger partial charge in [0.25, 0.3) is 5.91 Å². The number of amides is 3. The Labute approximate surface area is 164 Å². The first kappa shape index (κ1) is 19.9. The third-order valence-electron chi connectivity index (χ3n) is 4.32. The molecular weight excluding hydrogens is 358 g/mol. The Kier molecular flexibility index (Phi) is 7.40. The van der Waals surface area contributed by atoms with E-state index in [-0.39, 0.29) is 18.0 Å². The van der Waals surface area contributed by atoms with Crippen molar-refractivity contribution in [1.29, 1.82) is 0 Å². The van der Waals surface area contributed by atoms with Gasteiger partial charge in [0.1, 0.15) is 0 Å². The van der Waals surface area contributed by atoms with E-state index in [9.17, 15) is 9.59 Å². The Morgan fingerprint density at radius 2 is 1.75 bits per heavy atom. The van der Waals surface area contributed by atoms with Crippen LogP contribution in [0.4, 0.5) is 10.5 Å². The van der Waals surface area contributed by atoms with E-state index >= 15 is 0 Å². The van der Waals surface area contributed by atoms with Gasteiger partial charge in [0, 0.05) is 24.3 Å². The molecule has 148 valence electrons. The molecule has 1 saturated heterocycles. The smallest absolute Gasteiger partial charge is 0.319 e. The third kappa shape index (κ3) is 6.37. The first-order chi connectivity index (χ1) is 13.7. The second-order valence-electron chi connectivity index (χ2n) is 6.47. The van der Waals surface area contributed by atoms with Crippen molar-refractivity contribution in [2.75, 3.05) is 38.2 Å². The number of ether oxygens (including phenoxy) is 2. The number of carbonyl (C=O) groups excluding carboxylic acids is 2. The highest BCUT2D eigenvalue weighted by Crippen LogP contribution is 2.10. The molecule has 1 unspecified atom stereocenters. The molecule has 7 heteroatoms. The fraction of sp³-hybridized carbons (Fsp3) is 0.333. The molecule has 2 aromatic rings. The van der Waals surface area contributed by atoms with Crippen molar-refractivity contribution in [3.63, 3.8) is 0 Å². The maximum Gasteiger partial charge on any atom is 0.319 e. The lowest BCUT2D eigenvalue weighted by Crippen LogP contribution is -2.41. The first-order valence-corrected chi connectivity index (χ1v) is 9.37.